The van der Waals surface area contributed by atoms with Crippen molar-refractivity contribution in [2.75, 3.05) is 26.7 Å². The van der Waals surface area contributed by atoms with E-state index in [0.29, 0.717) is 0 Å². The van der Waals surface area contributed by atoms with Crippen molar-refractivity contribution in [2.24, 2.45) is 5.92 Å². The zero-order chi connectivity index (χ0) is 13.0. The molecule has 0 bridgehead atoms. The second-order valence-electron chi connectivity index (χ2n) is 5.47. The van der Waals surface area contributed by atoms with E-state index in [-0.39, 0.29) is 0 Å². The van der Waals surface area contributed by atoms with E-state index in [1.54, 1.807) is 0 Å². The highest BCUT2D eigenvalue weighted by Crippen LogP contribution is 2.19. The number of hydrogen-bond donors (Lipinski definition) is 1. The molecule has 0 atom stereocenters. The van der Waals surface area contributed by atoms with Gasteiger partial charge in [0, 0.05) is 18.1 Å². The van der Waals surface area contributed by atoms with Gasteiger partial charge in [-0.05, 0) is 63.0 Å². The predicted molar refractivity (Wildman–Crippen MR) is 78.1 cm³/mol. The van der Waals surface area contributed by atoms with Gasteiger partial charge in [-0.2, -0.15) is 0 Å². The van der Waals surface area contributed by atoms with Crippen LogP contribution in [-0.2, 0) is 6.54 Å². The van der Waals surface area contributed by atoms with Crippen LogP contribution in [0, 0.1) is 12.8 Å². The summed E-state index contributed by atoms with van der Waals surface area (Å²) in [6.45, 7) is 6.58. The van der Waals surface area contributed by atoms with Gasteiger partial charge in [0.2, 0.25) is 0 Å². The molecule has 0 saturated carbocycles. The highest BCUT2D eigenvalue weighted by atomic mass is 35.5. The Hall–Kier alpha value is -0.570. The van der Waals surface area contributed by atoms with E-state index >= 15 is 0 Å². The van der Waals surface area contributed by atoms with E-state index in [2.05, 4.69) is 35.5 Å². The quantitative estimate of drug-likeness (QED) is 0.901. The van der Waals surface area contributed by atoms with E-state index in [1.165, 1.54) is 38.0 Å². The van der Waals surface area contributed by atoms with Crippen LogP contribution in [0.3, 0.4) is 0 Å². The molecular formula is C15H23ClN2. The molecule has 1 heterocycles. The van der Waals surface area contributed by atoms with Crippen LogP contribution in [-0.4, -0.2) is 31.6 Å². The lowest BCUT2D eigenvalue weighted by atomic mass is 9.97. The Labute approximate surface area is 115 Å². The minimum absolute atomic E-state index is 0.845. The largest absolute Gasteiger partial charge is 0.317 e. The molecule has 18 heavy (non-hydrogen) atoms. The lowest BCUT2D eigenvalue weighted by Crippen LogP contribution is -2.34. The van der Waals surface area contributed by atoms with Crippen LogP contribution in [0.4, 0.5) is 0 Å². The maximum Gasteiger partial charge on any atom is 0.0438 e. The van der Waals surface area contributed by atoms with Gasteiger partial charge in [-0.1, -0.05) is 23.7 Å². The van der Waals surface area contributed by atoms with Crippen LogP contribution in [0.25, 0.3) is 0 Å². The zero-order valence-corrected chi connectivity index (χ0v) is 12.1. The van der Waals surface area contributed by atoms with Crippen molar-refractivity contribution in [3.8, 4) is 0 Å². The SMILES string of the molecule is Cc1ccc(CN(C)CC2CCNCC2)cc1Cl. The summed E-state index contributed by atoms with van der Waals surface area (Å²) in [5.41, 5.74) is 2.46. The summed E-state index contributed by atoms with van der Waals surface area (Å²) < 4.78 is 0. The normalized spacial score (nSPS) is 17.3. The molecule has 0 radical (unpaired) electrons. The van der Waals surface area contributed by atoms with Crippen molar-refractivity contribution < 1.29 is 0 Å². The molecule has 1 aliphatic heterocycles. The Morgan fingerprint density at radius 3 is 2.72 bits per heavy atom. The van der Waals surface area contributed by atoms with Crippen LogP contribution in [0.5, 0.6) is 0 Å². The maximum absolute atomic E-state index is 6.16. The molecule has 100 valence electrons. The number of nitrogens with zero attached hydrogens (tertiary/aromatic N) is 1. The first-order chi connectivity index (χ1) is 8.65. The first kappa shape index (κ1) is 13.9. The standard InChI is InChI=1S/C15H23ClN2/c1-12-3-4-14(9-15(12)16)11-18(2)10-13-5-7-17-8-6-13/h3-4,9,13,17H,5-8,10-11H2,1-2H3. The molecule has 3 heteroatoms. The third-order valence-electron chi connectivity index (χ3n) is 3.72. The fourth-order valence-electron chi connectivity index (χ4n) is 2.62. The monoisotopic (exact) mass is 266 g/mol. The molecule has 0 spiro atoms. The third kappa shape index (κ3) is 3.98. The fourth-order valence-corrected chi connectivity index (χ4v) is 2.82. The molecular weight excluding hydrogens is 244 g/mol. The summed E-state index contributed by atoms with van der Waals surface area (Å²) in [6, 6.07) is 6.38. The Kier molecular flexibility index (Phi) is 5.04. The first-order valence-electron chi connectivity index (χ1n) is 6.79. The Bertz CT molecular complexity index is 386. The van der Waals surface area contributed by atoms with Crippen molar-refractivity contribution in [3.05, 3.63) is 34.3 Å². The molecule has 1 aliphatic rings. The van der Waals surface area contributed by atoms with Crippen molar-refractivity contribution >= 4 is 11.6 Å². The van der Waals surface area contributed by atoms with Crippen LogP contribution in [0.1, 0.15) is 24.0 Å². The van der Waals surface area contributed by atoms with Gasteiger partial charge < -0.3 is 10.2 Å². The molecule has 1 aromatic carbocycles. The molecule has 1 N–H and O–H groups in total. The van der Waals surface area contributed by atoms with Gasteiger partial charge in [-0.3, -0.25) is 0 Å². The first-order valence-corrected chi connectivity index (χ1v) is 7.17. The fraction of sp³-hybridized carbons (Fsp3) is 0.600. The highest BCUT2D eigenvalue weighted by Gasteiger charge is 2.15. The Morgan fingerprint density at radius 2 is 2.06 bits per heavy atom. The van der Waals surface area contributed by atoms with E-state index < -0.39 is 0 Å². The van der Waals surface area contributed by atoms with Gasteiger partial charge in [-0.25, -0.2) is 0 Å². The second kappa shape index (κ2) is 6.55. The number of halogens is 1. The van der Waals surface area contributed by atoms with E-state index in [1.807, 2.05) is 6.92 Å². The number of hydrogen-bond acceptors (Lipinski definition) is 2. The van der Waals surface area contributed by atoms with Crippen LogP contribution >= 0.6 is 11.6 Å². The van der Waals surface area contributed by atoms with Gasteiger partial charge >= 0.3 is 0 Å². The molecule has 1 fully saturated rings. The molecule has 2 nitrogen and oxygen atoms in total. The van der Waals surface area contributed by atoms with Crippen LogP contribution < -0.4 is 5.32 Å². The van der Waals surface area contributed by atoms with Gasteiger partial charge in [-0.15, -0.1) is 0 Å². The lowest BCUT2D eigenvalue weighted by molar-refractivity contribution is 0.234. The number of rotatable bonds is 4. The van der Waals surface area contributed by atoms with Gasteiger partial charge in [0.1, 0.15) is 0 Å². The number of aryl methyl sites for hydroxylation is 1. The smallest absolute Gasteiger partial charge is 0.0438 e. The van der Waals surface area contributed by atoms with Gasteiger partial charge in [0.25, 0.3) is 0 Å². The van der Waals surface area contributed by atoms with Crippen molar-refractivity contribution in [1.29, 1.82) is 0 Å². The molecule has 2 rings (SSSR count). The van der Waals surface area contributed by atoms with Crippen molar-refractivity contribution in [2.45, 2.75) is 26.3 Å². The number of benzene rings is 1. The minimum atomic E-state index is 0.845. The van der Waals surface area contributed by atoms with E-state index in [9.17, 15) is 0 Å². The topological polar surface area (TPSA) is 15.3 Å². The van der Waals surface area contributed by atoms with E-state index in [4.69, 9.17) is 11.6 Å². The van der Waals surface area contributed by atoms with Gasteiger partial charge in [0.05, 0.1) is 0 Å². The average Bonchev–Trinajstić information content (AvgIpc) is 2.35. The molecule has 0 aliphatic carbocycles. The minimum Gasteiger partial charge on any atom is -0.317 e. The summed E-state index contributed by atoms with van der Waals surface area (Å²) in [6.07, 6.45) is 2.61. The van der Waals surface area contributed by atoms with Gasteiger partial charge in [0.15, 0.2) is 0 Å². The molecule has 0 unspecified atom stereocenters. The Balaban J connectivity index is 1.85. The second-order valence-corrected chi connectivity index (χ2v) is 5.88. The number of piperidine rings is 1. The molecule has 0 aromatic heterocycles. The molecule has 1 saturated heterocycles. The zero-order valence-electron chi connectivity index (χ0n) is 11.4. The van der Waals surface area contributed by atoms with Crippen molar-refractivity contribution in [3.63, 3.8) is 0 Å². The highest BCUT2D eigenvalue weighted by molar-refractivity contribution is 6.31. The summed E-state index contributed by atoms with van der Waals surface area (Å²) in [5.74, 6) is 0.845. The van der Waals surface area contributed by atoms with Crippen LogP contribution in [0.15, 0.2) is 18.2 Å². The Morgan fingerprint density at radius 1 is 1.33 bits per heavy atom. The van der Waals surface area contributed by atoms with Crippen LogP contribution in [0.2, 0.25) is 5.02 Å². The van der Waals surface area contributed by atoms with Crippen molar-refractivity contribution in [1.82, 2.24) is 10.2 Å². The average molecular weight is 267 g/mol. The number of nitrogens with one attached hydrogen (secondary N) is 1. The summed E-state index contributed by atoms with van der Waals surface area (Å²) in [4.78, 5) is 2.41. The predicted octanol–water partition coefficient (Wildman–Crippen LogP) is 3.08. The maximum atomic E-state index is 6.16. The molecule has 1 aromatic rings. The summed E-state index contributed by atoms with van der Waals surface area (Å²) in [5, 5.41) is 4.29. The lowest BCUT2D eigenvalue weighted by Gasteiger charge is -2.27. The van der Waals surface area contributed by atoms with E-state index in [0.717, 1.165) is 23.0 Å². The summed E-state index contributed by atoms with van der Waals surface area (Å²) >= 11 is 6.16. The third-order valence-corrected chi connectivity index (χ3v) is 4.12. The summed E-state index contributed by atoms with van der Waals surface area (Å²) in [7, 11) is 2.20. The molecule has 0 amide bonds.